The van der Waals surface area contributed by atoms with Crippen molar-refractivity contribution in [2.24, 2.45) is 0 Å². The van der Waals surface area contributed by atoms with Crippen LogP contribution < -0.4 is 0 Å². The van der Waals surface area contributed by atoms with Gasteiger partial charge in [0.1, 0.15) is 0 Å². The molecule has 0 saturated carbocycles. The Balaban J connectivity index is 0.00000137. The van der Waals surface area contributed by atoms with E-state index < -0.39 is 0 Å². The average molecular weight is 248 g/mol. The number of hydrogen-bond acceptors (Lipinski definition) is 2. The SMILES string of the molecule is C=C(C)/C=C\C(=C)N1CCN(C(=C)C)CC1.CC. The van der Waals surface area contributed by atoms with Gasteiger partial charge in [-0.15, -0.1) is 0 Å². The van der Waals surface area contributed by atoms with E-state index in [9.17, 15) is 0 Å². The second-order valence-corrected chi connectivity index (χ2v) is 4.38. The molecule has 1 rings (SSSR count). The highest BCUT2D eigenvalue weighted by molar-refractivity contribution is 5.22. The summed E-state index contributed by atoms with van der Waals surface area (Å²) in [5.41, 5.74) is 3.29. The van der Waals surface area contributed by atoms with E-state index in [0.717, 1.165) is 43.1 Å². The van der Waals surface area contributed by atoms with Gasteiger partial charge >= 0.3 is 0 Å². The molecule has 1 aliphatic rings. The van der Waals surface area contributed by atoms with Crippen molar-refractivity contribution in [2.45, 2.75) is 27.7 Å². The zero-order valence-electron chi connectivity index (χ0n) is 12.5. The summed E-state index contributed by atoms with van der Waals surface area (Å²) in [6, 6.07) is 0. The summed E-state index contributed by atoms with van der Waals surface area (Å²) in [6.45, 7) is 24.1. The van der Waals surface area contributed by atoms with Crippen LogP contribution in [0.15, 0.2) is 48.9 Å². The normalized spacial score (nSPS) is 15.1. The van der Waals surface area contributed by atoms with Crippen LogP contribution in [0.2, 0.25) is 0 Å². The van der Waals surface area contributed by atoms with Crippen molar-refractivity contribution in [3.8, 4) is 0 Å². The Morgan fingerprint density at radius 2 is 1.28 bits per heavy atom. The molecule has 0 unspecified atom stereocenters. The molecule has 0 N–H and O–H groups in total. The number of nitrogens with zero attached hydrogens (tertiary/aromatic N) is 2. The second kappa shape index (κ2) is 8.62. The third-order valence-electron chi connectivity index (χ3n) is 2.79. The van der Waals surface area contributed by atoms with E-state index in [0.29, 0.717) is 0 Å². The Kier molecular flexibility index (Phi) is 7.93. The van der Waals surface area contributed by atoms with Gasteiger partial charge in [0.25, 0.3) is 0 Å². The molecule has 102 valence electrons. The zero-order valence-corrected chi connectivity index (χ0v) is 12.5. The lowest BCUT2D eigenvalue weighted by atomic mass is 10.2. The van der Waals surface area contributed by atoms with E-state index >= 15 is 0 Å². The van der Waals surface area contributed by atoms with Crippen molar-refractivity contribution in [1.82, 2.24) is 9.80 Å². The average Bonchev–Trinajstić information content (AvgIpc) is 2.38. The van der Waals surface area contributed by atoms with Crippen molar-refractivity contribution in [3.63, 3.8) is 0 Å². The fourth-order valence-electron chi connectivity index (χ4n) is 1.72. The second-order valence-electron chi connectivity index (χ2n) is 4.38. The molecular weight excluding hydrogens is 220 g/mol. The Hall–Kier alpha value is -1.44. The van der Waals surface area contributed by atoms with Gasteiger partial charge in [0, 0.05) is 37.6 Å². The van der Waals surface area contributed by atoms with Crippen LogP contribution in [-0.4, -0.2) is 36.0 Å². The maximum Gasteiger partial charge on any atom is 0.0354 e. The molecule has 1 fully saturated rings. The zero-order chi connectivity index (χ0) is 14.1. The first-order valence-electron chi connectivity index (χ1n) is 6.68. The maximum absolute atomic E-state index is 4.08. The molecule has 0 aliphatic carbocycles. The number of hydrogen-bond donors (Lipinski definition) is 0. The van der Waals surface area contributed by atoms with Gasteiger partial charge in [-0.25, -0.2) is 0 Å². The van der Waals surface area contributed by atoms with Crippen molar-refractivity contribution in [1.29, 1.82) is 0 Å². The van der Waals surface area contributed by atoms with Crippen LogP contribution in [0.25, 0.3) is 0 Å². The Labute approximate surface area is 113 Å². The van der Waals surface area contributed by atoms with Gasteiger partial charge in [-0.05, 0) is 19.9 Å². The van der Waals surface area contributed by atoms with Crippen molar-refractivity contribution in [3.05, 3.63) is 48.9 Å². The summed E-state index contributed by atoms with van der Waals surface area (Å²) in [4.78, 5) is 4.62. The molecule has 1 saturated heterocycles. The summed E-state index contributed by atoms with van der Waals surface area (Å²) in [7, 11) is 0. The van der Waals surface area contributed by atoms with Crippen LogP contribution in [0.3, 0.4) is 0 Å². The Morgan fingerprint density at radius 3 is 1.67 bits per heavy atom. The van der Waals surface area contributed by atoms with Gasteiger partial charge in [0.15, 0.2) is 0 Å². The first kappa shape index (κ1) is 16.6. The lowest BCUT2D eigenvalue weighted by Gasteiger charge is -2.37. The third-order valence-corrected chi connectivity index (χ3v) is 2.79. The van der Waals surface area contributed by atoms with Crippen LogP contribution in [0.5, 0.6) is 0 Å². The molecule has 2 nitrogen and oxygen atoms in total. The molecule has 0 amide bonds. The summed E-state index contributed by atoms with van der Waals surface area (Å²) < 4.78 is 0. The first-order chi connectivity index (χ1) is 8.50. The van der Waals surface area contributed by atoms with Gasteiger partial charge in [-0.3, -0.25) is 0 Å². The molecular formula is C16H28N2. The standard InChI is InChI=1S/C14H22N2.C2H6/c1-12(2)6-7-14(5)16-10-8-15(9-11-16)13(3)4;1-2/h6-7H,1,3,5,8-11H2,2,4H3;1-2H3/b7-6-;. The number of piperazine rings is 1. The Morgan fingerprint density at radius 1 is 0.833 bits per heavy atom. The molecule has 1 heterocycles. The number of allylic oxidation sites excluding steroid dienone is 4. The number of rotatable bonds is 4. The Bertz CT molecular complexity index is 318. The largest absolute Gasteiger partial charge is 0.372 e. The fourth-order valence-corrected chi connectivity index (χ4v) is 1.72. The molecule has 0 bridgehead atoms. The molecule has 1 aliphatic heterocycles. The summed E-state index contributed by atoms with van der Waals surface area (Å²) in [5, 5.41) is 0. The fraction of sp³-hybridized carbons (Fsp3) is 0.500. The molecule has 0 aromatic rings. The molecule has 0 aromatic heterocycles. The van der Waals surface area contributed by atoms with Crippen molar-refractivity contribution >= 4 is 0 Å². The monoisotopic (exact) mass is 248 g/mol. The molecule has 0 atom stereocenters. The minimum atomic E-state index is 1.02. The maximum atomic E-state index is 4.08. The smallest absolute Gasteiger partial charge is 0.0354 e. The van der Waals surface area contributed by atoms with E-state index in [2.05, 4.69) is 36.5 Å². The van der Waals surface area contributed by atoms with Crippen LogP contribution in [0.4, 0.5) is 0 Å². The van der Waals surface area contributed by atoms with Crippen molar-refractivity contribution < 1.29 is 0 Å². The minimum absolute atomic E-state index is 1.02. The molecule has 0 radical (unpaired) electrons. The van der Waals surface area contributed by atoms with Crippen LogP contribution in [0, 0.1) is 0 Å². The quantitative estimate of drug-likeness (QED) is 0.698. The van der Waals surface area contributed by atoms with Crippen LogP contribution in [-0.2, 0) is 0 Å². The highest BCUT2D eigenvalue weighted by Gasteiger charge is 2.15. The lowest BCUT2D eigenvalue weighted by molar-refractivity contribution is 0.197. The van der Waals surface area contributed by atoms with Gasteiger partial charge in [0.2, 0.25) is 0 Å². The molecule has 0 aromatic carbocycles. The van der Waals surface area contributed by atoms with E-state index in [1.807, 2.05) is 32.9 Å². The predicted octanol–water partition coefficient (Wildman–Crippen LogP) is 3.81. The van der Waals surface area contributed by atoms with Gasteiger partial charge < -0.3 is 9.80 Å². The summed E-state index contributed by atoms with van der Waals surface area (Å²) >= 11 is 0. The van der Waals surface area contributed by atoms with Gasteiger partial charge in [0.05, 0.1) is 0 Å². The summed E-state index contributed by atoms with van der Waals surface area (Å²) in [5.74, 6) is 0. The van der Waals surface area contributed by atoms with Crippen LogP contribution >= 0.6 is 0 Å². The van der Waals surface area contributed by atoms with E-state index in [1.165, 1.54) is 0 Å². The highest BCUT2D eigenvalue weighted by Crippen LogP contribution is 2.12. The van der Waals surface area contributed by atoms with E-state index in [-0.39, 0.29) is 0 Å². The predicted molar refractivity (Wildman–Crippen MR) is 82.4 cm³/mol. The van der Waals surface area contributed by atoms with Gasteiger partial charge in [-0.2, -0.15) is 0 Å². The van der Waals surface area contributed by atoms with E-state index in [4.69, 9.17) is 0 Å². The van der Waals surface area contributed by atoms with Crippen molar-refractivity contribution in [2.75, 3.05) is 26.2 Å². The molecule has 2 heteroatoms. The topological polar surface area (TPSA) is 6.48 Å². The lowest BCUT2D eigenvalue weighted by Crippen LogP contribution is -2.44. The molecule has 0 spiro atoms. The minimum Gasteiger partial charge on any atom is -0.372 e. The summed E-state index contributed by atoms with van der Waals surface area (Å²) in [6.07, 6.45) is 4.05. The van der Waals surface area contributed by atoms with E-state index in [1.54, 1.807) is 0 Å². The molecule has 18 heavy (non-hydrogen) atoms. The van der Waals surface area contributed by atoms with Crippen LogP contribution in [0.1, 0.15) is 27.7 Å². The highest BCUT2D eigenvalue weighted by atomic mass is 15.3. The third kappa shape index (κ3) is 5.76. The first-order valence-corrected chi connectivity index (χ1v) is 6.68. The van der Waals surface area contributed by atoms with Gasteiger partial charge in [-0.1, -0.05) is 45.2 Å².